The molecule has 1 saturated carbocycles. The summed E-state index contributed by atoms with van der Waals surface area (Å²) in [6.45, 7) is 1.30. The van der Waals surface area contributed by atoms with Crippen LogP contribution in [0.2, 0.25) is 0 Å². The Labute approximate surface area is 103 Å². The molecule has 2 aliphatic rings. The van der Waals surface area contributed by atoms with E-state index in [2.05, 4.69) is 0 Å². The van der Waals surface area contributed by atoms with Crippen LogP contribution in [-0.4, -0.2) is 40.9 Å². The molecule has 2 fully saturated rings. The average molecular weight is 241 g/mol. The van der Waals surface area contributed by atoms with Crippen LogP contribution in [0.3, 0.4) is 0 Å². The Balaban J connectivity index is 1.97. The maximum absolute atomic E-state index is 11.1. The van der Waals surface area contributed by atoms with Crippen LogP contribution in [0.15, 0.2) is 0 Å². The lowest BCUT2D eigenvalue weighted by molar-refractivity contribution is 0.0505. The number of rotatable bonds is 2. The fraction of sp³-hybridized carbons (Fsp3) is 0.923. The van der Waals surface area contributed by atoms with Crippen molar-refractivity contribution in [1.29, 1.82) is 0 Å². The van der Waals surface area contributed by atoms with E-state index in [1.165, 1.54) is 37.0 Å². The van der Waals surface area contributed by atoms with Gasteiger partial charge in [0.1, 0.15) is 0 Å². The second-order valence-electron chi connectivity index (χ2n) is 5.63. The predicted molar refractivity (Wildman–Crippen MR) is 64.9 cm³/mol. The van der Waals surface area contributed by atoms with E-state index in [0.29, 0.717) is 24.9 Å². The van der Waals surface area contributed by atoms with Gasteiger partial charge in [-0.05, 0) is 18.3 Å². The van der Waals surface area contributed by atoms with Crippen LogP contribution in [0, 0.1) is 17.8 Å². The second kappa shape index (κ2) is 5.71. The Bertz CT molecular complexity index is 263. The van der Waals surface area contributed by atoms with Gasteiger partial charge in [-0.25, -0.2) is 4.79 Å². The topological polar surface area (TPSA) is 60.8 Å². The van der Waals surface area contributed by atoms with E-state index in [1.54, 1.807) is 0 Å². The SMILES string of the molecule is O=C(O)N1C[C@@H](CO)C[C@@H](C2CCCCC2)C1. The van der Waals surface area contributed by atoms with Crippen LogP contribution in [-0.2, 0) is 0 Å². The molecule has 1 saturated heterocycles. The first kappa shape index (κ1) is 12.7. The number of likely N-dealkylation sites (tertiary alicyclic amines) is 1. The summed E-state index contributed by atoms with van der Waals surface area (Å²) in [6, 6.07) is 0. The first-order chi connectivity index (χ1) is 8.20. The van der Waals surface area contributed by atoms with Crippen molar-refractivity contribution in [2.45, 2.75) is 38.5 Å². The lowest BCUT2D eigenvalue weighted by atomic mass is 9.74. The highest BCUT2D eigenvalue weighted by Crippen LogP contribution is 2.36. The quantitative estimate of drug-likeness (QED) is 0.779. The second-order valence-corrected chi connectivity index (χ2v) is 5.63. The lowest BCUT2D eigenvalue weighted by Crippen LogP contribution is -2.46. The molecule has 4 nitrogen and oxygen atoms in total. The van der Waals surface area contributed by atoms with Crippen LogP contribution in [0.5, 0.6) is 0 Å². The molecule has 0 unspecified atom stereocenters. The smallest absolute Gasteiger partial charge is 0.407 e. The van der Waals surface area contributed by atoms with Gasteiger partial charge in [-0.1, -0.05) is 32.1 Å². The number of amides is 1. The van der Waals surface area contributed by atoms with Crippen LogP contribution in [0.25, 0.3) is 0 Å². The maximum atomic E-state index is 11.1. The van der Waals surface area contributed by atoms with Crippen LogP contribution >= 0.6 is 0 Å². The fourth-order valence-electron chi connectivity index (χ4n) is 3.48. The van der Waals surface area contributed by atoms with E-state index in [-0.39, 0.29) is 12.5 Å². The summed E-state index contributed by atoms with van der Waals surface area (Å²) in [6.07, 6.45) is 6.58. The van der Waals surface area contributed by atoms with Crippen molar-refractivity contribution in [3.05, 3.63) is 0 Å². The predicted octanol–water partition coefficient (Wildman–Crippen LogP) is 2.18. The molecule has 0 aromatic carbocycles. The van der Waals surface area contributed by atoms with E-state index < -0.39 is 6.09 Å². The van der Waals surface area contributed by atoms with Gasteiger partial charge in [-0.15, -0.1) is 0 Å². The Morgan fingerprint density at radius 2 is 1.82 bits per heavy atom. The monoisotopic (exact) mass is 241 g/mol. The highest BCUT2D eigenvalue weighted by atomic mass is 16.4. The number of hydrogen-bond donors (Lipinski definition) is 2. The normalized spacial score (nSPS) is 31.5. The third kappa shape index (κ3) is 3.12. The van der Waals surface area contributed by atoms with Crippen molar-refractivity contribution < 1.29 is 15.0 Å². The molecule has 98 valence electrons. The standard InChI is InChI=1S/C13H23NO3/c15-9-10-6-12(8-14(7-10)13(16)17)11-4-2-1-3-5-11/h10-12,15H,1-9H2,(H,16,17)/t10-,12+/m0/s1. The largest absolute Gasteiger partial charge is 0.465 e. The first-order valence-corrected chi connectivity index (χ1v) is 6.79. The number of piperidine rings is 1. The van der Waals surface area contributed by atoms with Crippen molar-refractivity contribution in [3.63, 3.8) is 0 Å². The zero-order chi connectivity index (χ0) is 12.3. The summed E-state index contributed by atoms with van der Waals surface area (Å²) in [4.78, 5) is 12.6. The minimum Gasteiger partial charge on any atom is -0.465 e. The van der Waals surface area contributed by atoms with Gasteiger partial charge in [0, 0.05) is 25.6 Å². The summed E-state index contributed by atoms with van der Waals surface area (Å²) in [5, 5.41) is 18.4. The van der Waals surface area contributed by atoms with Gasteiger partial charge >= 0.3 is 6.09 Å². The maximum Gasteiger partial charge on any atom is 0.407 e. The molecule has 1 aliphatic heterocycles. The molecule has 0 spiro atoms. The number of carboxylic acid groups (broad SMARTS) is 1. The van der Waals surface area contributed by atoms with Crippen molar-refractivity contribution in [2.75, 3.05) is 19.7 Å². The Morgan fingerprint density at radius 3 is 2.41 bits per heavy atom. The number of hydrogen-bond acceptors (Lipinski definition) is 2. The molecule has 1 heterocycles. The van der Waals surface area contributed by atoms with Gasteiger partial charge in [-0.2, -0.15) is 0 Å². The summed E-state index contributed by atoms with van der Waals surface area (Å²) in [7, 11) is 0. The van der Waals surface area contributed by atoms with Crippen molar-refractivity contribution in [3.8, 4) is 0 Å². The fourth-order valence-corrected chi connectivity index (χ4v) is 3.48. The summed E-state index contributed by atoms with van der Waals surface area (Å²) < 4.78 is 0. The van der Waals surface area contributed by atoms with E-state index in [9.17, 15) is 9.90 Å². The molecule has 0 aromatic rings. The molecular formula is C13H23NO3. The van der Waals surface area contributed by atoms with Crippen LogP contribution < -0.4 is 0 Å². The van der Waals surface area contributed by atoms with Gasteiger partial charge < -0.3 is 15.1 Å². The molecule has 1 aliphatic carbocycles. The first-order valence-electron chi connectivity index (χ1n) is 6.79. The number of aliphatic hydroxyl groups excluding tert-OH is 1. The van der Waals surface area contributed by atoms with Crippen LogP contribution in [0.4, 0.5) is 4.79 Å². The van der Waals surface area contributed by atoms with E-state index >= 15 is 0 Å². The van der Waals surface area contributed by atoms with Gasteiger partial charge in [0.05, 0.1) is 0 Å². The van der Waals surface area contributed by atoms with E-state index in [1.807, 2.05) is 0 Å². The van der Waals surface area contributed by atoms with Crippen LogP contribution in [0.1, 0.15) is 38.5 Å². The zero-order valence-corrected chi connectivity index (χ0v) is 10.3. The average Bonchev–Trinajstić information content (AvgIpc) is 2.39. The molecule has 2 rings (SSSR count). The summed E-state index contributed by atoms with van der Waals surface area (Å²) >= 11 is 0. The highest BCUT2D eigenvalue weighted by Gasteiger charge is 2.34. The van der Waals surface area contributed by atoms with Gasteiger partial charge in [0.2, 0.25) is 0 Å². The molecule has 2 N–H and O–H groups in total. The molecule has 0 aromatic heterocycles. The van der Waals surface area contributed by atoms with Gasteiger partial charge in [0.15, 0.2) is 0 Å². The molecule has 0 bridgehead atoms. The molecule has 17 heavy (non-hydrogen) atoms. The Morgan fingerprint density at radius 1 is 1.12 bits per heavy atom. The molecule has 2 atom stereocenters. The number of carbonyl (C=O) groups is 1. The summed E-state index contributed by atoms with van der Waals surface area (Å²) in [5.41, 5.74) is 0. The summed E-state index contributed by atoms with van der Waals surface area (Å²) in [5.74, 6) is 1.30. The van der Waals surface area contributed by atoms with E-state index in [0.717, 1.165) is 6.42 Å². The molecule has 1 amide bonds. The third-order valence-corrected chi connectivity index (χ3v) is 4.41. The Kier molecular flexibility index (Phi) is 4.26. The lowest BCUT2D eigenvalue weighted by Gasteiger charge is -2.40. The zero-order valence-electron chi connectivity index (χ0n) is 10.3. The minimum atomic E-state index is -0.830. The molecular weight excluding hydrogens is 218 g/mol. The van der Waals surface area contributed by atoms with E-state index in [4.69, 9.17) is 5.11 Å². The Hall–Kier alpha value is -0.770. The van der Waals surface area contributed by atoms with Crippen molar-refractivity contribution >= 4 is 6.09 Å². The van der Waals surface area contributed by atoms with Crippen molar-refractivity contribution in [2.24, 2.45) is 17.8 Å². The van der Waals surface area contributed by atoms with Crippen molar-refractivity contribution in [1.82, 2.24) is 4.90 Å². The van der Waals surface area contributed by atoms with Gasteiger partial charge in [-0.3, -0.25) is 0 Å². The number of aliphatic hydroxyl groups is 1. The highest BCUT2D eigenvalue weighted by molar-refractivity contribution is 5.65. The van der Waals surface area contributed by atoms with Gasteiger partial charge in [0.25, 0.3) is 0 Å². The molecule has 0 radical (unpaired) electrons. The molecule has 4 heteroatoms. The third-order valence-electron chi connectivity index (χ3n) is 4.41. The number of nitrogens with zero attached hydrogens (tertiary/aromatic N) is 1. The minimum absolute atomic E-state index is 0.118.